The number of rotatable bonds is 9. The molecule has 2 N–H and O–H groups in total. The fourth-order valence-corrected chi connectivity index (χ4v) is 4.16. The Kier molecular flexibility index (Phi) is 7.25. The van der Waals surface area contributed by atoms with Gasteiger partial charge in [0.2, 0.25) is 0 Å². The van der Waals surface area contributed by atoms with Crippen LogP contribution in [0.2, 0.25) is 0 Å². The number of hydrogen-bond acceptors (Lipinski definition) is 4. The van der Waals surface area contributed by atoms with E-state index in [0.29, 0.717) is 13.0 Å². The summed E-state index contributed by atoms with van der Waals surface area (Å²) in [6.45, 7) is 0.418. The molecule has 0 fully saturated rings. The van der Waals surface area contributed by atoms with Crippen molar-refractivity contribution in [3.8, 4) is 5.75 Å². The van der Waals surface area contributed by atoms with E-state index in [-0.39, 0.29) is 22.1 Å². The molecule has 162 valence electrons. The Bertz CT molecular complexity index is 1170. The van der Waals surface area contributed by atoms with Gasteiger partial charge in [-0.15, -0.1) is 0 Å². The molecule has 3 aromatic carbocycles. The van der Waals surface area contributed by atoms with Gasteiger partial charge in [0.05, 0.1) is 17.7 Å². The summed E-state index contributed by atoms with van der Waals surface area (Å²) in [4.78, 5) is 12.3. The van der Waals surface area contributed by atoms with Crippen LogP contribution in [0.15, 0.2) is 77.7 Å². The molecular formula is C23H23FN2O4S. The summed E-state index contributed by atoms with van der Waals surface area (Å²) in [5.41, 5.74) is 1.09. The number of ether oxygens (including phenoxy) is 1. The molecule has 0 heterocycles. The van der Waals surface area contributed by atoms with Crippen LogP contribution in [-0.2, 0) is 16.4 Å². The Hall–Kier alpha value is -3.39. The van der Waals surface area contributed by atoms with E-state index in [4.69, 9.17) is 4.74 Å². The molecule has 0 aromatic heterocycles. The Labute approximate surface area is 181 Å². The first-order valence-electron chi connectivity index (χ1n) is 9.68. The van der Waals surface area contributed by atoms with E-state index in [1.807, 2.05) is 24.3 Å². The van der Waals surface area contributed by atoms with Crippen LogP contribution in [0.5, 0.6) is 5.75 Å². The van der Waals surface area contributed by atoms with Gasteiger partial charge in [0.1, 0.15) is 11.6 Å². The molecule has 0 aliphatic carbocycles. The molecule has 1 amide bonds. The molecular weight excluding hydrogens is 419 g/mol. The summed E-state index contributed by atoms with van der Waals surface area (Å²) in [6, 6.07) is 18.8. The molecule has 8 heteroatoms. The zero-order chi connectivity index (χ0) is 22.3. The molecule has 0 radical (unpaired) electrons. The lowest BCUT2D eigenvalue weighted by molar-refractivity contribution is 0.0953. The minimum Gasteiger partial charge on any atom is -0.496 e. The van der Waals surface area contributed by atoms with Crippen molar-refractivity contribution in [1.82, 2.24) is 5.32 Å². The summed E-state index contributed by atoms with van der Waals surface area (Å²) in [6.07, 6.45) is 1.42. The van der Waals surface area contributed by atoms with Gasteiger partial charge in [-0.25, -0.2) is 12.8 Å². The standard InChI is InChI=1S/C23H23FN2O4S/c1-30-22-14-5-2-8-17(22)10-7-15-25-23(27)18-9-6-11-19(16-18)31(28,29)26-21-13-4-3-12-20(21)24/h2-6,8-9,11-14,16,26H,7,10,15H2,1H3,(H,25,27). The minimum atomic E-state index is -4.04. The van der Waals surface area contributed by atoms with Crippen LogP contribution in [0, 0.1) is 5.82 Å². The highest BCUT2D eigenvalue weighted by Crippen LogP contribution is 2.20. The van der Waals surface area contributed by atoms with Gasteiger partial charge in [-0.05, 0) is 54.8 Å². The third kappa shape index (κ3) is 5.82. The predicted octanol–water partition coefficient (Wildman–Crippen LogP) is 4.00. The smallest absolute Gasteiger partial charge is 0.262 e. The fourth-order valence-electron chi connectivity index (χ4n) is 3.04. The number of halogens is 1. The van der Waals surface area contributed by atoms with E-state index < -0.39 is 15.8 Å². The highest BCUT2D eigenvalue weighted by atomic mass is 32.2. The number of para-hydroxylation sites is 2. The van der Waals surface area contributed by atoms with Crippen LogP contribution in [-0.4, -0.2) is 28.0 Å². The molecule has 0 aliphatic heterocycles. The SMILES string of the molecule is COc1ccccc1CCCNC(=O)c1cccc(S(=O)(=O)Nc2ccccc2F)c1. The molecule has 3 aromatic rings. The second-order valence-corrected chi connectivity index (χ2v) is 8.47. The second kappa shape index (κ2) is 10.1. The molecule has 0 spiro atoms. The number of nitrogens with one attached hydrogen (secondary N) is 2. The number of anilines is 1. The van der Waals surface area contributed by atoms with Gasteiger partial charge in [-0.1, -0.05) is 36.4 Å². The maximum Gasteiger partial charge on any atom is 0.262 e. The van der Waals surface area contributed by atoms with E-state index in [0.717, 1.165) is 23.8 Å². The Morgan fingerprint density at radius 1 is 1.00 bits per heavy atom. The number of aryl methyl sites for hydroxylation is 1. The third-order valence-corrected chi connectivity index (χ3v) is 5.99. The molecule has 0 bridgehead atoms. The second-order valence-electron chi connectivity index (χ2n) is 6.78. The summed E-state index contributed by atoms with van der Waals surface area (Å²) in [5, 5.41) is 2.79. The zero-order valence-electron chi connectivity index (χ0n) is 17.0. The van der Waals surface area contributed by atoms with Crippen molar-refractivity contribution < 1.29 is 22.3 Å². The highest BCUT2D eigenvalue weighted by Gasteiger charge is 2.18. The van der Waals surface area contributed by atoms with Crippen LogP contribution in [0.3, 0.4) is 0 Å². The number of carbonyl (C=O) groups excluding carboxylic acids is 1. The summed E-state index contributed by atoms with van der Waals surface area (Å²) < 4.78 is 46.5. The number of carbonyl (C=O) groups is 1. The van der Waals surface area contributed by atoms with Crippen molar-refractivity contribution in [3.05, 3.63) is 89.7 Å². The van der Waals surface area contributed by atoms with Crippen LogP contribution >= 0.6 is 0 Å². The molecule has 3 rings (SSSR count). The first kappa shape index (κ1) is 22.3. The molecule has 0 saturated heterocycles. The maximum absolute atomic E-state index is 13.8. The predicted molar refractivity (Wildman–Crippen MR) is 117 cm³/mol. The fraction of sp³-hybridized carbons (Fsp3) is 0.174. The lowest BCUT2D eigenvalue weighted by Crippen LogP contribution is -2.25. The summed E-state index contributed by atoms with van der Waals surface area (Å²) >= 11 is 0. The summed E-state index contributed by atoms with van der Waals surface area (Å²) in [7, 11) is -2.43. The van der Waals surface area contributed by atoms with Gasteiger partial charge in [0, 0.05) is 12.1 Å². The average Bonchev–Trinajstić information content (AvgIpc) is 2.78. The largest absolute Gasteiger partial charge is 0.496 e. The van der Waals surface area contributed by atoms with Crippen molar-refractivity contribution in [3.63, 3.8) is 0 Å². The molecule has 0 atom stereocenters. The van der Waals surface area contributed by atoms with Crippen molar-refractivity contribution >= 4 is 21.6 Å². The monoisotopic (exact) mass is 442 g/mol. The van der Waals surface area contributed by atoms with Crippen molar-refractivity contribution in [1.29, 1.82) is 0 Å². The molecule has 31 heavy (non-hydrogen) atoms. The van der Waals surface area contributed by atoms with Gasteiger partial charge in [-0.2, -0.15) is 0 Å². The quantitative estimate of drug-likeness (QED) is 0.491. The van der Waals surface area contributed by atoms with Gasteiger partial charge < -0.3 is 10.1 Å². The van der Waals surface area contributed by atoms with E-state index in [1.54, 1.807) is 7.11 Å². The maximum atomic E-state index is 13.8. The van der Waals surface area contributed by atoms with Crippen LogP contribution in [0.4, 0.5) is 10.1 Å². The normalized spacial score (nSPS) is 11.0. The third-order valence-electron chi connectivity index (χ3n) is 4.63. The van der Waals surface area contributed by atoms with Crippen LogP contribution in [0.25, 0.3) is 0 Å². The van der Waals surface area contributed by atoms with Crippen LogP contribution < -0.4 is 14.8 Å². The lowest BCUT2D eigenvalue weighted by Gasteiger charge is -2.11. The number of sulfonamides is 1. The summed E-state index contributed by atoms with van der Waals surface area (Å²) in [5.74, 6) is -0.271. The van der Waals surface area contributed by atoms with Crippen molar-refractivity contribution in [2.45, 2.75) is 17.7 Å². The number of benzene rings is 3. The van der Waals surface area contributed by atoms with Crippen LogP contribution in [0.1, 0.15) is 22.3 Å². The molecule has 0 aliphatic rings. The average molecular weight is 443 g/mol. The minimum absolute atomic E-state index is 0.127. The molecule has 0 saturated carbocycles. The van der Waals surface area contributed by atoms with Crippen molar-refractivity contribution in [2.75, 3.05) is 18.4 Å². The number of amides is 1. The number of hydrogen-bond donors (Lipinski definition) is 2. The Morgan fingerprint density at radius 2 is 1.74 bits per heavy atom. The first-order chi connectivity index (χ1) is 14.9. The number of methoxy groups -OCH3 is 1. The van der Waals surface area contributed by atoms with Gasteiger partial charge in [-0.3, -0.25) is 9.52 Å². The Balaban J connectivity index is 1.61. The van der Waals surface area contributed by atoms with Gasteiger partial charge >= 0.3 is 0 Å². The van der Waals surface area contributed by atoms with E-state index >= 15 is 0 Å². The van der Waals surface area contributed by atoms with E-state index in [1.165, 1.54) is 42.5 Å². The highest BCUT2D eigenvalue weighted by molar-refractivity contribution is 7.92. The Morgan fingerprint density at radius 3 is 2.52 bits per heavy atom. The van der Waals surface area contributed by atoms with E-state index in [2.05, 4.69) is 10.0 Å². The molecule has 0 unspecified atom stereocenters. The topological polar surface area (TPSA) is 84.5 Å². The van der Waals surface area contributed by atoms with Gasteiger partial charge in [0.15, 0.2) is 0 Å². The van der Waals surface area contributed by atoms with Crippen molar-refractivity contribution in [2.24, 2.45) is 0 Å². The zero-order valence-corrected chi connectivity index (χ0v) is 17.8. The lowest BCUT2D eigenvalue weighted by atomic mass is 10.1. The first-order valence-corrected chi connectivity index (χ1v) is 11.2. The molecule has 6 nitrogen and oxygen atoms in total. The van der Waals surface area contributed by atoms with Gasteiger partial charge in [0.25, 0.3) is 15.9 Å². The van der Waals surface area contributed by atoms with E-state index in [9.17, 15) is 17.6 Å².